The second-order valence-electron chi connectivity index (χ2n) is 6.13. The van der Waals surface area contributed by atoms with Gasteiger partial charge in [0.1, 0.15) is 0 Å². The first kappa shape index (κ1) is 17.2. The van der Waals surface area contributed by atoms with Crippen molar-refractivity contribution in [3.8, 4) is 0 Å². The molecule has 0 aliphatic rings. The molecule has 5 heteroatoms. The molecule has 0 fully saturated rings. The largest absolute Gasteiger partial charge is 0.349 e. The van der Waals surface area contributed by atoms with Crippen LogP contribution < -0.4 is 10.8 Å². The van der Waals surface area contributed by atoms with Crippen molar-refractivity contribution in [1.29, 1.82) is 0 Å². The molecule has 0 bridgehead atoms. The zero-order chi connectivity index (χ0) is 16.0. The average Bonchev–Trinajstić information content (AvgIpc) is 2.45. The highest BCUT2D eigenvalue weighted by Gasteiger charge is 2.24. The van der Waals surface area contributed by atoms with Crippen molar-refractivity contribution in [2.45, 2.75) is 46.6 Å². The van der Waals surface area contributed by atoms with Crippen molar-refractivity contribution < 1.29 is 14.8 Å². The lowest BCUT2D eigenvalue weighted by Gasteiger charge is -2.24. The van der Waals surface area contributed by atoms with Gasteiger partial charge in [0, 0.05) is 11.0 Å². The van der Waals surface area contributed by atoms with Gasteiger partial charge in [-0.15, -0.1) is 0 Å². The summed E-state index contributed by atoms with van der Waals surface area (Å²) in [6, 6.07) is 6.79. The summed E-state index contributed by atoms with van der Waals surface area (Å²) in [5.41, 5.74) is 2.48. The summed E-state index contributed by atoms with van der Waals surface area (Å²) >= 11 is 0. The first-order valence-corrected chi connectivity index (χ1v) is 7.15. The van der Waals surface area contributed by atoms with Crippen LogP contribution in [0.15, 0.2) is 24.3 Å². The minimum absolute atomic E-state index is 0.00173. The summed E-state index contributed by atoms with van der Waals surface area (Å²) in [5, 5.41) is 11.7. The predicted octanol–water partition coefficient (Wildman–Crippen LogP) is 2.81. The number of hydroxylamine groups is 1. The summed E-state index contributed by atoms with van der Waals surface area (Å²) in [4.78, 5) is 23.4. The molecule has 0 aromatic heterocycles. The van der Waals surface area contributed by atoms with Gasteiger partial charge in [-0.2, -0.15) is 0 Å². The van der Waals surface area contributed by atoms with Gasteiger partial charge in [0.2, 0.25) is 5.91 Å². The number of hydrogen-bond acceptors (Lipinski definition) is 3. The van der Waals surface area contributed by atoms with Gasteiger partial charge in [0.05, 0.1) is 6.04 Å². The molecule has 1 unspecified atom stereocenters. The number of carbonyl (C=O) groups is 2. The van der Waals surface area contributed by atoms with E-state index in [1.807, 2.05) is 20.8 Å². The molecule has 0 heterocycles. The topological polar surface area (TPSA) is 78.4 Å². The summed E-state index contributed by atoms with van der Waals surface area (Å²) < 4.78 is 0. The molecule has 1 aromatic carbocycles. The van der Waals surface area contributed by atoms with E-state index in [9.17, 15) is 9.59 Å². The second kappa shape index (κ2) is 7.22. The Bertz CT molecular complexity index is 489. The molecule has 0 aliphatic heterocycles. The van der Waals surface area contributed by atoms with E-state index in [1.165, 1.54) is 0 Å². The van der Waals surface area contributed by atoms with Crippen LogP contribution in [0, 0.1) is 5.41 Å². The third-order valence-electron chi connectivity index (χ3n) is 3.24. The molecule has 0 aliphatic carbocycles. The van der Waals surface area contributed by atoms with Crippen LogP contribution in [0.4, 0.5) is 0 Å². The molecule has 1 atom stereocenters. The van der Waals surface area contributed by atoms with Gasteiger partial charge in [-0.3, -0.25) is 14.8 Å². The van der Waals surface area contributed by atoms with E-state index in [-0.39, 0.29) is 11.9 Å². The van der Waals surface area contributed by atoms with Crippen LogP contribution in [0.5, 0.6) is 0 Å². The van der Waals surface area contributed by atoms with Gasteiger partial charge in [0.25, 0.3) is 5.91 Å². The lowest BCUT2D eigenvalue weighted by molar-refractivity contribution is -0.129. The molecule has 1 aromatic rings. The Kier molecular flexibility index (Phi) is 5.90. The Labute approximate surface area is 125 Å². The van der Waals surface area contributed by atoms with Crippen LogP contribution in [0.25, 0.3) is 0 Å². The summed E-state index contributed by atoms with van der Waals surface area (Å²) in [7, 11) is 0. The van der Waals surface area contributed by atoms with Gasteiger partial charge in [0.15, 0.2) is 0 Å². The Morgan fingerprint density at radius 2 is 1.76 bits per heavy atom. The molecule has 2 amide bonds. The highest BCUT2D eigenvalue weighted by Crippen LogP contribution is 2.22. The van der Waals surface area contributed by atoms with Crippen molar-refractivity contribution in [2.24, 2.45) is 5.41 Å². The van der Waals surface area contributed by atoms with Crippen molar-refractivity contribution in [1.82, 2.24) is 10.8 Å². The molecule has 3 N–H and O–H groups in total. The van der Waals surface area contributed by atoms with Crippen LogP contribution in [0.2, 0.25) is 0 Å². The minimum atomic E-state index is -0.549. The molecule has 0 radical (unpaired) electrons. The van der Waals surface area contributed by atoms with Gasteiger partial charge in [-0.25, -0.2) is 5.48 Å². The maximum atomic E-state index is 12.1. The smallest absolute Gasteiger partial charge is 0.274 e. The van der Waals surface area contributed by atoms with E-state index in [0.29, 0.717) is 5.56 Å². The van der Waals surface area contributed by atoms with E-state index in [0.717, 1.165) is 18.4 Å². The summed E-state index contributed by atoms with van der Waals surface area (Å²) in [6.45, 7) is 7.68. The quantitative estimate of drug-likeness (QED) is 0.577. The number of nitrogens with one attached hydrogen (secondary N) is 2. The second-order valence-corrected chi connectivity index (χ2v) is 6.13. The fraction of sp³-hybridized carbons (Fsp3) is 0.500. The minimum Gasteiger partial charge on any atom is -0.349 e. The fourth-order valence-corrected chi connectivity index (χ4v) is 1.92. The number of carbonyl (C=O) groups excluding carboxylic acids is 2. The first-order chi connectivity index (χ1) is 9.79. The Morgan fingerprint density at radius 1 is 1.19 bits per heavy atom. The first-order valence-electron chi connectivity index (χ1n) is 7.15. The van der Waals surface area contributed by atoms with Crippen LogP contribution in [-0.4, -0.2) is 17.0 Å². The molecule has 116 valence electrons. The third kappa shape index (κ3) is 4.86. The van der Waals surface area contributed by atoms with Gasteiger partial charge in [-0.05, 0) is 24.1 Å². The van der Waals surface area contributed by atoms with Gasteiger partial charge in [-0.1, -0.05) is 46.2 Å². The lowest BCUT2D eigenvalue weighted by atomic mass is 9.93. The van der Waals surface area contributed by atoms with Crippen LogP contribution in [-0.2, 0) is 4.79 Å². The molecule has 21 heavy (non-hydrogen) atoms. The van der Waals surface area contributed by atoms with Gasteiger partial charge >= 0.3 is 0 Å². The zero-order valence-corrected chi connectivity index (χ0v) is 13.1. The molecule has 0 saturated heterocycles. The zero-order valence-electron chi connectivity index (χ0n) is 13.1. The van der Waals surface area contributed by atoms with E-state index < -0.39 is 11.3 Å². The maximum Gasteiger partial charge on any atom is 0.274 e. The highest BCUT2D eigenvalue weighted by molar-refractivity contribution is 5.93. The Hall–Kier alpha value is -1.88. The van der Waals surface area contributed by atoms with Crippen LogP contribution in [0.3, 0.4) is 0 Å². The highest BCUT2D eigenvalue weighted by atomic mass is 16.5. The molecule has 0 saturated carbocycles. The van der Waals surface area contributed by atoms with E-state index in [1.54, 1.807) is 29.7 Å². The Balaban J connectivity index is 2.90. The third-order valence-corrected chi connectivity index (χ3v) is 3.24. The fourth-order valence-electron chi connectivity index (χ4n) is 1.92. The Morgan fingerprint density at radius 3 is 2.19 bits per heavy atom. The predicted molar refractivity (Wildman–Crippen MR) is 80.9 cm³/mol. The number of benzene rings is 1. The number of amides is 2. The lowest BCUT2D eigenvalue weighted by Crippen LogP contribution is -2.37. The maximum absolute atomic E-state index is 12.1. The average molecular weight is 292 g/mol. The van der Waals surface area contributed by atoms with E-state index in [4.69, 9.17) is 5.21 Å². The van der Waals surface area contributed by atoms with E-state index in [2.05, 4.69) is 12.2 Å². The molecule has 0 spiro atoms. The summed E-state index contributed by atoms with van der Waals surface area (Å²) in [5.74, 6) is -0.551. The van der Waals surface area contributed by atoms with Crippen molar-refractivity contribution in [2.75, 3.05) is 0 Å². The molecule has 1 rings (SSSR count). The van der Waals surface area contributed by atoms with Crippen molar-refractivity contribution in [3.05, 3.63) is 35.4 Å². The van der Waals surface area contributed by atoms with Crippen molar-refractivity contribution in [3.63, 3.8) is 0 Å². The monoisotopic (exact) mass is 292 g/mol. The standard InChI is InChI=1S/C16H24N2O3/c1-5-6-13(17-15(20)16(2,3)4)11-7-9-12(10-8-11)14(19)18-21/h7-10,13,21H,5-6H2,1-4H3,(H,17,20)(H,18,19). The molecular weight excluding hydrogens is 268 g/mol. The molecular formula is C16H24N2O3. The molecule has 5 nitrogen and oxygen atoms in total. The number of hydrogen-bond donors (Lipinski definition) is 3. The van der Waals surface area contributed by atoms with Gasteiger partial charge < -0.3 is 5.32 Å². The normalized spacial score (nSPS) is 12.6. The SMILES string of the molecule is CCCC(NC(=O)C(C)(C)C)c1ccc(C(=O)NO)cc1. The van der Waals surface area contributed by atoms with Crippen LogP contribution in [0.1, 0.15) is 62.5 Å². The summed E-state index contributed by atoms with van der Waals surface area (Å²) in [6.07, 6.45) is 1.77. The van der Waals surface area contributed by atoms with Crippen molar-refractivity contribution >= 4 is 11.8 Å². The number of rotatable bonds is 5. The van der Waals surface area contributed by atoms with Crippen LogP contribution >= 0.6 is 0 Å². The van der Waals surface area contributed by atoms with E-state index >= 15 is 0 Å².